The highest BCUT2D eigenvalue weighted by atomic mass is 16.7. The monoisotopic (exact) mass is 330 g/mol. The lowest BCUT2D eigenvalue weighted by molar-refractivity contribution is -0.116. The number of benzene rings is 1. The number of fused-ring (bicyclic) bond motifs is 1. The summed E-state index contributed by atoms with van der Waals surface area (Å²) in [4.78, 5) is 14.0. The Labute approximate surface area is 141 Å². The number of allylic oxidation sites excluding steroid dienone is 2. The van der Waals surface area contributed by atoms with E-state index >= 15 is 0 Å². The summed E-state index contributed by atoms with van der Waals surface area (Å²) < 4.78 is 15.9. The second kappa shape index (κ2) is 8.52. The van der Waals surface area contributed by atoms with Crippen LogP contribution in [0.4, 0.5) is 0 Å². The second-order valence-corrected chi connectivity index (χ2v) is 5.58. The summed E-state index contributed by atoms with van der Waals surface area (Å²) >= 11 is 0. The number of hydrogen-bond donors (Lipinski definition) is 1. The molecule has 1 aromatic rings. The van der Waals surface area contributed by atoms with Crippen molar-refractivity contribution >= 4 is 12.0 Å². The van der Waals surface area contributed by atoms with Crippen molar-refractivity contribution in [3.05, 3.63) is 42.0 Å². The molecule has 1 saturated heterocycles. The number of hydrogen-bond acceptors (Lipinski definition) is 5. The average Bonchev–Trinajstić information content (AvgIpc) is 3.07. The Morgan fingerprint density at radius 3 is 2.88 bits per heavy atom. The van der Waals surface area contributed by atoms with Gasteiger partial charge in [0, 0.05) is 32.3 Å². The molecular formula is C18H22N2O4. The predicted molar refractivity (Wildman–Crippen MR) is 91.0 cm³/mol. The van der Waals surface area contributed by atoms with Crippen LogP contribution in [0, 0.1) is 0 Å². The standard InChI is InChI=1S/C18H22N2O4/c21-18(19-7-8-20-9-11-22-12-10-20)4-2-1-3-15-5-6-16-17(13-15)24-14-23-16/h1-6,13H,7-12,14H2,(H,19,21)/b3-1+,4-2+. The van der Waals surface area contributed by atoms with Crippen molar-refractivity contribution in [1.29, 1.82) is 0 Å². The predicted octanol–water partition coefficient (Wildman–Crippen LogP) is 1.43. The van der Waals surface area contributed by atoms with Crippen LogP contribution in [0.2, 0.25) is 0 Å². The van der Waals surface area contributed by atoms with E-state index in [2.05, 4.69) is 10.2 Å². The smallest absolute Gasteiger partial charge is 0.244 e. The van der Waals surface area contributed by atoms with Gasteiger partial charge >= 0.3 is 0 Å². The minimum Gasteiger partial charge on any atom is -0.454 e. The largest absolute Gasteiger partial charge is 0.454 e. The van der Waals surface area contributed by atoms with Crippen molar-refractivity contribution in [3.8, 4) is 11.5 Å². The maximum atomic E-state index is 11.7. The van der Waals surface area contributed by atoms with Crippen molar-refractivity contribution in [1.82, 2.24) is 10.2 Å². The Morgan fingerprint density at radius 2 is 2.00 bits per heavy atom. The van der Waals surface area contributed by atoms with Crippen molar-refractivity contribution in [3.63, 3.8) is 0 Å². The highest BCUT2D eigenvalue weighted by molar-refractivity contribution is 5.87. The molecule has 2 aliphatic heterocycles. The molecule has 0 bridgehead atoms. The molecule has 0 aliphatic carbocycles. The number of rotatable bonds is 6. The van der Waals surface area contributed by atoms with Crippen molar-refractivity contribution < 1.29 is 19.0 Å². The van der Waals surface area contributed by atoms with E-state index in [-0.39, 0.29) is 12.7 Å². The van der Waals surface area contributed by atoms with E-state index in [1.165, 1.54) is 6.08 Å². The zero-order chi connectivity index (χ0) is 16.6. The van der Waals surface area contributed by atoms with Crippen LogP contribution in [-0.2, 0) is 9.53 Å². The molecule has 0 unspecified atom stereocenters. The van der Waals surface area contributed by atoms with Gasteiger partial charge < -0.3 is 19.5 Å². The van der Waals surface area contributed by atoms with Crippen molar-refractivity contribution in [2.45, 2.75) is 0 Å². The molecule has 1 fully saturated rings. The molecule has 3 rings (SSSR count). The lowest BCUT2D eigenvalue weighted by atomic mass is 10.2. The lowest BCUT2D eigenvalue weighted by Crippen LogP contribution is -2.41. The summed E-state index contributed by atoms with van der Waals surface area (Å²) in [6, 6.07) is 5.74. The van der Waals surface area contributed by atoms with E-state index in [1.54, 1.807) is 6.08 Å². The van der Waals surface area contributed by atoms with Gasteiger partial charge in [0.05, 0.1) is 13.2 Å². The van der Waals surface area contributed by atoms with Gasteiger partial charge in [-0.05, 0) is 17.7 Å². The first-order valence-corrected chi connectivity index (χ1v) is 8.13. The maximum Gasteiger partial charge on any atom is 0.244 e. The number of nitrogens with zero attached hydrogens (tertiary/aromatic N) is 1. The molecule has 0 atom stereocenters. The van der Waals surface area contributed by atoms with E-state index in [1.807, 2.05) is 30.4 Å². The third kappa shape index (κ3) is 4.84. The summed E-state index contributed by atoms with van der Waals surface area (Å²) in [5.74, 6) is 1.43. The van der Waals surface area contributed by atoms with Crippen LogP contribution < -0.4 is 14.8 Å². The SMILES string of the molecule is O=C(/C=C/C=C/c1ccc2c(c1)OCO2)NCCN1CCOCC1. The van der Waals surface area contributed by atoms with Crippen LogP contribution in [0.15, 0.2) is 36.4 Å². The van der Waals surface area contributed by atoms with Crippen molar-refractivity contribution in [2.75, 3.05) is 46.2 Å². The number of nitrogens with one attached hydrogen (secondary N) is 1. The van der Waals surface area contributed by atoms with Gasteiger partial charge in [0.15, 0.2) is 11.5 Å². The lowest BCUT2D eigenvalue weighted by Gasteiger charge is -2.26. The fourth-order valence-corrected chi connectivity index (χ4v) is 2.55. The first kappa shape index (κ1) is 16.5. The highest BCUT2D eigenvalue weighted by Crippen LogP contribution is 2.32. The van der Waals surface area contributed by atoms with E-state index < -0.39 is 0 Å². The van der Waals surface area contributed by atoms with Crippen molar-refractivity contribution in [2.24, 2.45) is 0 Å². The van der Waals surface area contributed by atoms with Crippen LogP contribution in [0.25, 0.3) is 6.08 Å². The van der Waals surface area contributed by atoms with Crippen LogP contribution >= 0.6 is 0 Å². The Hall–Kier alpha value is -2.31. The number of carbonyl (C=O) groups is 1. The van der Waals surface area contributed by atoms with Gasteiger partial charge in [-0.2, -0.15) is 0 Å². The first-order chi connectivity index (χ1) is 11.8. The number of amides is 1. The Kier molecular flexibility index (Phi) is 5.87. The molecule has 0 aromatic heterocycles. The van der Waals surface area contributed by atoms with Gasteiger partial charge in [0.1, 0.15) is 0 Å². The third-order valence-corrected chi connectivity index (χ3v) is 3.87. The Bertz CT molecular complexity index is 621. The van der Waals surface area contributed by atoms with Crippen LogP contribution in [0.5, 0.6) is 11.5 Å². The van der Waals surface area contributed by atoms with Crippen LogP contribution in [0.1, 0.15) is 5.56 Å². The van der Waals surface area contributed by atoms with Gasteiger partial charge in [-0.1, -0.05) is 24.3 Å². The molecule has 1 amide bonds. The minimum absolute atomic E-state index is 0.0846. The quantitative estimate of drug-likeness (QED) is 0.632. The van der Waals surface area contributed by atoms with E-state index in [4.69, 9.17) is 14.2 Å². The van der Waals surface area contributed by atoms with E-state index in [0.29, 0.717) is 6.54 Å². The van der Waals surface area contributed by atoms with E-state index in [9.17, 15) is 4.79 Å². The molecular weight excluding hydrogens is 308 g/mol. The first-order valence-electron chi connectivity index (χ1n) is 8.13. The highest BCUT2D eigenvalue weighted by Gasteiger charge is 2.12. The molecule has 1 N–H and O–H groups in total. The van der Waals surface area contributed by atoms with Gasteiger partial charge in [0.2, 0.25) is 12.7 Å². The van der Waals surface area contributed by atoms with Gasteiger partial charge in [-0.25, -0.2) is 0 Å². The minimum atomic E-state index is -0.0846. The third-order valence-electron chi connectivity index (χ3n) is 3.87. The average molecular weight is 330 g/mol. The summed E-state index contributed by atoms with van der Waals surface area (Å²) in [6.45, 7) is 5.20. The molecule has 24 heavy (non-hydrogen) atoms. The summed E-state index contributed by atoms with van der Waals surface area (Å²) in [7, 11) is 0. The molecule has 0 radical (unpaired) electrons. The second-order valence-electron chi connectivity index (χ2n) is 5.58. The summed E-state index contributed by atoms with van der Waals surface area (Å²) in [6.07, 6.45) is 7.01. The molecule has 2 aliphatic rings. The zero-order valence-corrected chi connectivity index (χ0v) is 13.6. The summed E-state index contributed by atoms with van der Waals surface area (Å²) in [5.41, 5.74) is 0.997. The fourth-order valence-electron chi connectivity index (χ4n) is 2.55. The summed E-state index contributed by atoms with van der Waals surface area (Å²) in [5, 5.41) is 2.88. The maximum absolute atomic E-state index is 11.7. The molecule has 6 heteroatoms. The molecule has 0 saturated carbocycles. The van der Waals surface area contributed by atoms with Gasteiger partial charge in [-0.15, -0.1) is 0 Å². The molecule has 1 aromatic carbocycles. The number of carbonyl (C=O) groups excluding carboxylic acids is 1. The van der Waals surface area contributed by atoms with Gasteiger partial charge in [-0.3, -0.25) is 9.69 Å². The normalized spacial score (nSPS) is 17.7. The Morgan fingerprint density at radius 1 is 1.17 bits per heavy atom. The van der Waals surface area contributed by atoms with Crippen LogP contribution in [0.3, 0.4) is 0 Å². The molecule has 2 heterocycles. The fraction of sp³-hybridized carbons (Fsp3) is 0.389. The topological polar surface area (TPSA) is 60.0 Å². The number of morpholine rings is 1. The zero-order valence-electron chi connectivity index (χ0n) is 13.6. The number of ether oxygens (including phenoxy) is 3. The molecule has 6 nitrogen and oxygen atoms in total. The molecule has 0 spiro atoms. The molecule has 128 valence electrons. The Balaban J connectivity index is 1.38. The van der Waals surface area contributed by atoms with E-state index in [0.717, 1.165) is 49.9 Å². The van der Waals surface area contributed by atoms with Crippen LogP contribution in [-0.4, -0.2) is 57.0 Å². The van der Waals surface area contributed by atoms with Gasteiger partial charge in [0.25, 0.3) is 0 Å².